The van der Waals surface area contributed by atoms with Crippen molar-refractivity contribution >= 4 is 0 Å². The van der Waals surface area contributed by atoms with Crippen LogP contribution in [0.4, 0.5) is 4.39 Å². The molecule has 0 saturated carbocycles. The van der Waals surface area contributed by atoms with Gasteiger partial charge >= 0.3 is 0 Å². The molecular weight excluding hydrogens is 273 g/mol. The van der Waals surface area contributed by atoms with Gasteiger partial charge in [-0.15, -0.1) is 0 Å². The zero-order valence-electron chi connectivity index (χ0n) is 11.9. The summed E-state index contributed by atoms with van der Waals surface area (Å²) in [6, 6.07) is 4.08. The Bertz CT molecular complexity index is 636. The Morgan fingerprint density at radius 1 is 1.48 bits per heavy atom. The maximum Gasteiger partial charge on any atom is 0.234 e. The molecule has 112 valence electrons. The van der Waals surface area contributed by atoms with Crippen LogP contribution < -0.4 is 5.32 Å². The van der Waals surface area contributed by atoms with Crippen LogP contribution in [0.3, 0.4) is 0 Å². The van der Waals surface area contributed by atoms with Gasteiger partial charge in [-0.05, 0) is 37.6 Å². The van der Waals surface area contributed by atoms with Gasteiger partial charge in [-0.2, -0.15) is 4.98 Å². The number of phenolic OH excluding ortho intramolecular Hbond substituents is 1. The summed E-state index contributed by atoms with van der Waals surface area (Å²) in [4.78, 5) is 4.46. The van der Waals surface area contributed by atoms with E-state index >= 15 is 0 Å². The molecule has 2 heterocycles. The Kier molecular flexibility index (Phi) is 3.63. The molecule has 1 aliphatic rings. The van der Waals surface area contributed by atoms with Crippen LogP contribution in [0.1, 0.15) is 32.1 Å². The van der Waals surface area contributed by atoms with E-state index in [2.05, 4.69) is 22.4 Å². The van der Waals surface area contributed by atoms with Gasteiger partial charge in [0.2, 0.25) is 11.7 Å². The Balaban J connectivity index is 1.93. The Labute approximate surface area is 122 Å². The highest BCUT2D eigenvalue weighted by Crippen LogP contribution is 2.35. The van der Waals surface area contributed by atoms with E-state index in [1.165, 1.54) is 12.1 Å². The summed E-state index contributed by atoms with van der Waals surface area (Å²) in [7, 11) is 0. The molecule has 1 aliphatic heterocycles. The molecule has 0 spiro atoms. The van der Waals surface area contributed by atoms with E-state index < -0.39 is 5.82 Å². The normalized spacial score (nSPS) is 21.8. The van der Waals surface area contributed by atoms with E-state index in [0.717, 1.165) is 32.4 Å². The summed E-state index contributed by atoms with van der Waals surface area (Å²) < 4.78 is 18.9. The molecule has 0 radical (unpaired) electrons. The first-order valence-electron chi connectivity index (χ1n) is 7.18. The van der Waals surface area contributed by atoms with E-state index in [4.69, 9.17) is 4.52 Å². The summed E-state index contributed by atoms with van der Waals surface area (Å²) in [5.74, 6) is -0.112. The van der Waals surface area contributed by atoms with Crippen LogP contribution in [-0.4, -0.2) is 28.3 Å². The number of nitrogens with zero attached hydrogens (tertiary/aromatic N) is 2. The predicted octanol–water partition coefficient (Wildman–Crippen LogP) is 2.61. The van der Waals surface area contributed by atoms with E-state index in [1.54, 1.807) is 6.07 Å². The molecule has 2 N–H and O–H groups in total. The van der Waals surface area contributed by atoms with E-state index in [0.29, 0.717) is 17.3 Å². The Morgan fingerprint density at radius 2 is 2.33 bits per heavy atom. The van der Waals surface area contributed by atoms with Crippen LogP contribution in [0.5, 0.6) is 5.75 Å². The third-order valence-corrected chi connectivity index (χ3v) is 4.06. The van der Waals surface area contributed by atoms with Gasteiger partial charge < -0.3 is 14.9 Å². The zero-order valence-corrected chi connectivity index (χ0v) is 11.9. The summed E-state index contributed by atoms with van der Waals surface area (Å²) in [5, 5.41) is 16.5. The summed E-state index contributed by atoms with van der Waals surface area (Å²) in [6.07, 6.45) is 2.98. The molecule has 6 heteroatoms. The monoisotopic (exact) mass is 291 g/mol. The van der Waals surface area contributed by atoms with E-state index in [9.17, 15) is 9.50 Å². The number of nitrogens with one attached hydrogen (secondary N) is 1. The lowest BCUT2D eigenvalue weighted by Crippen LogP contribution is -2.29. The SMILES string of the molecule is CCCC1(c2nc(-c3ccc(O)c(F)c3)no2)CCNC1. The first-order valence-corrected chi connectivity index (χ1v) is 7.18. The Hall–Kier alpha value is -1.95. The quantitative estimate of drug-likeness (QED) is 0.906. The molecule has 5 nitrogen and oxygen atoms in total. The van der Waals surface area contributed by atoms with Crippen molar-refractivity contribution in [2.24, 2.45) is 0 Å². The van der Waals surface area contributed by atoms with Crippen molar-refractivity contribution in [3.05, 3.63) is 29.9 Å². The fraction of sp³-hybridized carbons (Fsp3) is 0.467. The van der Waals surface area contributed by atoms with Gasteiger partial charge in [0, 0.05) is 12.1 Å². The average Bonchev–Trinajstić information content (AvgIpc) is 3.12. The smallest absolute Gasteiger partial charge is 0.234 e. The van der Waals surface area contributed by atoms with Crippen LogP contribution in [0.2, 0.25) is 0 Å². The molecule has 1 aromatic heterocycles. The highest BCUT2D eigenvalue weighted by molar-refractivity contribution is 5.56. The molecule has 1 aromatic carbocycles. The molecule has 2 aromatic rings. The lowest BCUT2D eigenvalue weighted by atomic mass is 9.82. The van der Waals surface area contributed by atoms with Gasteiger partial charge in [-0.25, -0.2) is 4.39 Å². The van der Waals surface area contributed by atoms with Crippen molar-refractivity contribution in [3.8, 4) is 17.1 Å². The third-order valence-electron chi connectivity index (χ3n) is 4.06. The fourth-order valence-corrected chi connectivity index (χ4v) is 2.93. The van der Waals surface area contributed by atoms with Crippen molar-refractivity contribution in [2.75, 3.05) is 13.1 Å². The van der Waals surface area contributed by atoms with Gasteiger partial charge in [0.25, 0.3) is 0 Å². The number of aromatic hydroxyl groups is 1. The lowest BCUT2D eigenvalue weighted by molar-refractivity contribution is 0.277. The molecule has 0 bridgehead atoms. The van der Waals surface area contributed by atoms with Crippen LogP contribution in [0, 0.1) is 5.82 Å². The minimum Gasteiger partial charge on any atom is -0.505 e. The maximum atomic E-state index is 13.4. The van der Waals surface area contributed by atoms with Crippen molar-refractivity contribution in [2.45, 2.75) is 31.6 Å². The predicted molar refractivity (Wildman–Crippen MR) is 75.4 cm³/mol. The summed E-state index contributed by atoms with van der Waals surface area (Å²) in [6.45, 7) is 3.89. The minimum atomic E-state index is -0.690. The average molecular weight is 291 g/mol. The van der Waals surface area contributed by atoms with Crippen molar-refractivity contribution in [1.29, 1.82) is 0 Å². The van der Waals surface area contributed by atoms with Crippen molar-refractivity contribution < 1.29 is 14.0 Å². The second-order valence-corrected chi connectivity index (χ2v) is 5.55. The van der Waals surface area contributed by atoms with Gasteiger partial charge in [0.05, 0.1) is 5.41 Å². The minimum absolute atomic E-state index is 0.116. The highest BCUT2D eigenvalue weighted by atomic mass is 19.1. The van der Waals surface area contributed by atoms with E-state index in [1.807, 2.05) is 0 Å². The fourth-order valence-electron chi connectivity index (χ4n) is 2.93. The number of hydrogen-bond acceptors (Lipinski definition) is 5. The van der Waals surface area contributed by atoms with Crippen LogP contribution in [0.25, 0.3) is 11.4 Å². The topological polar surface area (TPSA) is 71.2 Å². The molecule has 1 atom stereocenters. The number of aromatic nitrogens is 2. The molecule has 1 fully saturated rings. The Morgan fingerprint density at radius 3 is 3.00 bits per heavy atom. The van der Waals surface area contributed by atoms with Crippen LogP contribution in [-0.2, 0) is 5.41 Å². The molecule has 21 heavy (non-hydrogen) atoms. The van der Waals surface area contributed by atoms with Gasteiger partial charge in [0.15, 0.2) is 11.6 Å². The maximum absolute atomic E-state index is 13.4. The number of benzene rings is 1. The number of rotatable bonds is 4. The number of hydrogen-bond donors (Lipinski definition) is 2. The van der Waals surface area contributed by atoms with Crippen LogP contribution in [0.15, 0.2) is 22.7 Å². The van der Waals surface area contributed by atoms with Gasteiger partial charge in [0.1, 0.15) is 0 Å². The molecule has 3 rings (SSSR count). The van der Waals surface area contributed by atoms with Gasteiger partial charge in [-0.1, -0.05) is 18.5 Å². The number of halogens is 1. The number of phenols is 1. The molecule has 1 saturated heterocycles. The second kappa shape index (κ2) is 5.44. The molecule has 1 unspecified atom stereocenters. The van der Waals surface area contributed by atoms with Gasteiger partial charge in [-0.3, -0.25) is 0 Å². The largest absolute Gasteiger partial charge is 0.505 e. The molecule has 0 amide bonds. The molecular formula is C15H18FN3O2. The van der Waals surface area contributed by atoms with Crippen molar-refractivity contribution in [1.82, 2.24) is 15.5 Å². The second-order valence-electron chi connectivity index (χ2n) is 5.55. The first-order chi connectivity index (χ1) is 10.1. The van der Waals surface area contributed by atoms with E-state index in [-0.39, 0.29) is 11.2 Å². The highest BCUT2D eigenvalue weighted by Gasteiger charge is 2.40. The standard InChI is InChI=1S/C15H18FN3O2/c1-2-5-15(6-7-17-9-15)14-18-13(19-21-14)10-3-4-12(20)11(16)8-10/h3-4,8,17,20H,2,5-7,9H2,1H3. The summed E-state index contributed by atoms with van der Waals surface area (Å²) >= 11 is 0. The molecule has 0 aliphatic carbocycles. The van der Waals surface area contributed by atoms with Crippen molar-refractivity contribution in [3.63, 3.8) is 0 Å². The van der Waals surface area contributed by atoms with Crippen LogP contribution >= 0.6 is 0 Å². The third kappa shape index (κ3) is 2.51. The zero-order chi connectivity index (χ0) is 14.9. The summed E-state index contributed by atoms with van der Waals surface area (Å²) in [5.41, 5.74) is 0.382. The lowest BCUT2D eigenvalue weighted by Gasteiger charge is -2.22. The first kappa shape index (κ1) is 14.0.